The predicted octanol–water partition coefficient (Wildman–Crippen LogP) is 8.77. The Hall–Kier alpha value is -4.13. The predicted molar refractivity (Wildman–Crippen MR) is 209 cm³/mol. The lowest BCUT2D eigenvalue weighted by Gasteiger charge is -2.33. The molecule has 3 saturated heterocycles. The Balaban J connectivity index is 1.02. The highest BCUT2D eigenvalue weighted by atomic mass is 35.5. The van der Waals surface area contributed by atoms with E-state index in [4.69, 9.17) is 30.5 Å². The van der Waals surface area contributed by atoms with Gasteiger partial charge in [-0.15, -0.1) is 0 Å². The van der Waals surface area contributed by atoms with Crippen LogP contribution in [0.2, 0.25) is 5.02 Å². The van der Waals surface area contributed by atoms with Crippen LogP contribution in [0.25, 0.3) is 11.1 Å². The molecule has 2 unspecified atom stereocenters. The van der Waals surface area contributed by atoms with Crippen molar-refractivity contribution in [1.82, 2.24) is 14.8 Å². The van der Waals surface area contributed by atoms with Crippen LogP contribution < -0.4 is 14.2 Å². The van der Waals surface area contributed by atoms with Gasteiger partial charge in [-0.3, -0.25) is 9.88 Å². The van der Waals surface area contributed by atoms with Crippen LogP contribution in [0, 0.1) is 37.0 Å². The molecule has 0 N–H and O–H groups in total. The van der Waals surface area contributed by atoms with Gasteiger partial charge in [0.25, 0.3) is 0 Å². The number of fused-ring (bicyclic) bond motifs is 1. The Bertz CT molecular complexity index is 1910. The summed E-state index contributed by atoms with van der Waals surface area (Å²) < 4.78 is 24.9. The van der Waals surface area contributed by atoms with Gasteiger partial charge in [-0.2, -0.15) is 5.26 Å². The number of aromatic nitrogens is 1. The molecule has 1 aromatic heterocycles. The number of ether oxygens (including phenoxy) is 4. The Morgan fingerprint density at radius 3 is 2.45 bits per heavy atom. The van der Waals surface area contributed by atoms with Crippen molar-refractivity contribution >= 4 is 11.6 Å². The summed E-state index contributed by atoms with van der Waals surface area (Å²) in [7, 11) is 0. The zero-order valence-corrected chi connectivity index (χ0v) is 31.9. The standard InChI is InChI=1S/C44H51ClN4O4/c1-31-35(9-6-10-39(31)40-11-7-12-42(32(40)2)51-18-8-16-49-17-13-36-28-50-29-38(36)26-49)30-53-44-21-43(52-27-34-19-33(22-46)23-47-24-34)37(20-41(44)45)25-48-14-4-3-5-15-48/h6-7,9-12,19-21,23-24,36,38H,3-5,8,13-18,25-30H2,1-2H3. The molecule has 278 valence electrons. The van der Waals surface area contributed by atoms with Crippen molar-refractivity contribution < 1.29 is 18.9 Å². The van der Waals surface area contributed by atoms with Crippen molar-refractivity contribution in [1.29, 1.82) is 5.26 Å². The van der Waals surface area contributed by atoms with Gasteiger partial charge in [0.2, 0.25) is 0 Å². The van der Waals surface area contributed by atoms with Gasteiger partial charge >= 0.3 is 0 Å². The van der Waals surface area contributed by atoms with Crippen molar-refractivity contribution in [3.63, 3.8) is 0 Å². The number of rotatable bonds is 14. The summed E-state index contributed by atoms with van der Waals surface area (Å²) in [5.41, 5.74) is 8.07. The van der Waals surface area contributed by atoms with Gasteiger partial charge in [0, 0.05) is 61.7 Å². The molecule has 0 amide bonds. The van der Waals surface area contributed by atoms with E-state index in [0.29, 0.717) is 35.5 Å². The fraction of sp³-hybridized carbons (Fsp3) is 0.455. The monoisotopic (exact) mass is 734 g/mol. The van der Waals surface area contributed by atoms with Crippen molar-refractivity contribution in [2.75, 3.05) is 52.5 Å². The van der Waals surface area contributed by atoms with Crippen LogP contribution in [0.1, 0.15) is 65.5 Å². The van der Waals surface area contributed by atoms with E-state index in [2.05, 4.69) is 71.1 Å². The van der Waals surface area contributed by atoms with E-state index in [1.807, 2.05) is 12.1 Å². The van der Waals surface area contributed by atoms with Gasteiger partial charge in [0.15, 0.2) is 0 Å². The molecule has 3 aromatic carbocycles. The topological polar surface area (TPSA) is 80.1 Å². The smallest absolute Gasteiger partial charge is 0.142 e. The molecular weight excluding hydrogens is 684 g/mol. The number of hydrogen-bond acceptors (Lipinski definition) is 8. The summed E-state index contributed by atoms with van der Waals surface area (Å²) in [6.45, 7) is 13.8. The van der Waals surface area contributed by atoms with Crippen molar-refractivity contribution in [2.45, 2.75) is 65.7 Å². The van der Waals surface area contributed by atoms with Crippen LogP contribution in [0.3, 0.4) is 0 Å². The number of halogens is 1. The number of hydrogen-bond donors (Lipinski definition) is 0. The van der Waals surface area contributed by atoms with E-state index in [0.717, 1.165) is 109 Å². The minimum atomic E-state index is 0.287. The minimum Gasteiger partial charge on any atom is -0.493 e. The maximum absolute atomic E-state index is 9.34. The Kier molecular flexibility index (Phi) is 12.5. The summed E-state index contributed by atoms with van der Waals surface area (Å²) in [6, 6.07) is 20.6. The van der Waals surface area contributed by atoms with Gasteiger partial charge in [-0.25, -0.2) is 0 Å². The Morgan fingerprint density at radius 2 is 1.60 bits per heavy atom. The number of nitrogens with zero attached hydrogens (tertiary/aromatic N) is 4. The summed E-state index contributed by atoms with van der Waals surface area (Å²) >= 11 is 6.90. The summed E-state index contributed by atoms with van der Waals surface area (Å²) in [5, 5.41) is 9.90. The van der Waals surface area contributed by atoms with E-state index < -0.39 is 0 Å². The molecule has 3 fully saturated rings. The molecule has 8 nitrogen and oxygen atoms in total. The molecule has 7 rings (SSSR count). The number of benzene rings is 3. The van der Waals surface area contributed by atoms with Crippen molar-refractivity contribution in [3.8, 4) is 34.4 Å². The van der Waals surface area contributed by atoms with Gasteiger partial charge < -0.3 is 23.8 Å². The molecule has 9 heteroatoms. The SMILES string of the molecule is Cc1c(COc2cc(OCc3cncc(C#N)c3)c(CN3CCCCC3)cc2Cl)cccc1-c1cccc(OCCCN2CCC3COCC3C2)c1C. The third-order valence-electron chi connectivity index (χ3n) is 11.2. The average molecular weight is 735 g/mol. The molecule has 3 aliphatic rings. The summed E-state index contributed by atoms with van der Waals surface area (Å²) in [6.07, 6.45) is 9.21. The van der Waals surface area contributed by atoms with Gasteiger partial charge in [0.05, 0.1) is 23.8 Å². The van der Waals surface area contributed by atoms with E-state index in [-0.39, 0.29) is 6.61 Å². The molecule has 4 aromatic rings. The second kappa shape index (κ2) is 17.8. The maximum atomic E-state index is 9.34. The van der Waals surface area contributed by atoms with Crippen molar-refractivity contribution in [3.05, 3.63) is 105 Å². The molecule has 0 bridgehead atoms. The fourth-order valence-electron chi connectivity index (χ4n) is 8.05. The van der Waals surface area contributed by atoms with Crippen LogP contribution in [-0.2, 0) is 24.5 Å². The second-order valence-corrected chi connectivity index (χ2v) is 15.3. The lowest BCUT2D eigenvalue weighted by molar-refractivity contribution is 0.138. The largest absolute Gasteiger partial charge is 0.493 e. The Labute approximate surface area is 319 Å². The lowest BCUT2D eigenvalue weighted by atomic mass is 9.89. The van der Waals surface area contributed by atoms with E-state index in [1.54, 1.807) is 18.5 Å². The van der Waals surface area contributed by atoms with Crippen molar-refractivity contribution in [2.24, 2.45) is 11.8 Å². The first-order valence-corrected chi connectivity index (χ1v) is 19.6. The van der Waals surface area contributed by atoms with E-state index >= 15 is 0 Å². The number of piperidine rings is 2. The number of likely N-dealkylation sites (tertiary alicyclic amines) is 2. The highest BCUT2D eigenvalue weighted by Crippen LogP contribution is 2.37. The molecule has 0 aliphatic carbocycles. The Morgan fingerprint density at radius 1 is 0.811 bits per heavy atom. The third-order valence-corrected chi connectivity index (χ3v) is 11.5. The molecule has 0 radical (unpaired) electrons. The lowest BCUT2D eigenvalue weighted by Crippen LogP contribution is -2.40. The molecule has 3 aliphatic heterocycles. The number of nitriles is 1. The molecule has 0 saturated carbocycles. The zero-order chi connectivity index (χ0) is 36.6. The van der Waals surface area contributed by atoms with E-state index in [9.17, 15) is 5.26 Å². The molecule has 53 heavy (non-hydrogen) atoms. The van der Waals surface area contributed by atoms with Gasteiger partial charge in [-0.05, 0) is 111 Å². The summed E-state index contributed by atoms with van der Waals surface area (Å²) in [5.74, 6) is 3.70. The van der Waals surface area contributed by atoms with Crippen LogP contribution in [0.5, 0.6) is 17.2 Å². The molecule has 4 heterocycles. The highest BCUT2D eigenvalue weighted by Gasteiger charge is 2.33. The fourth-order valence-corrected chi connectivity index (χ4v) is 8.29. The molecule has 2 atom stereocenters. The van der Waals surface area contributed by atoms with Crippen LogP contribution >= 0.6 is 11.6 Å². The average Bonchev–Trinajstić information content (AvgIpc) is 3.66. The minimum absolute atomic E-state index is 0.287. The highest BCUT2D eigenvalue weighted by molar-refractivity contribution is 6.32. The van der Waals surface area contributed by atoms with Crippen LogP contribution in [0.4, 0.5) is 0 Å². The maximum Gasteiger partial charge on any atom is 0.142 e. The van der Waals surface area contributed by atoms with Gasteiger partial charge in [-0.1, -0.05) is 48.4 Å². The second-order valence-electron chi connectivity index (χ2n) is 14.9. The van der Waals surface area contributed by atoms with E-state index in [1.165, 1.54) is 32.2 Å². The number of pyridine rings is 1. The first kappa shape index (κ1) is 37.2. The van der Waals surface area contributed by atoms with Crippen LogP contribution in [-0.4, -0.2) is 67.3 Å². The third kappa shape index (κ3) is 9.34. The first-order valence-electron chi connectivity index (χ1n) is 19.2. The normalized spacial score (nSPS) is 19.1. The van der Waals surface area contributed by atoms with Gasteiger partial charge in [0.1, 0.15) is 36.5 Å². The van der Waals surface area contributed by atoms with Crippen LogP contribution in [0.15, 0.2) is 67.0 Å². The quantitative estimate of drug-likeness (QED) is 0.119. The zero-order valence-electron chi connectivity index (χ0n) is 31.1. The molecular formula is C44H51ClN4O4. The molecule has 0 spiro atoms. The summed E-state index contributed by atoms with van der Waals surface area (Å²) in [4.78, 5) is 9.23. The first-order chi connectivity index (χ1) is 25.9.